The predicted molar refractivity (Wildman–Crippen MR) is 126 cm³/mol. The number of H-pyrrole nitrogens is 1. The summed E-state index contributed by atoms with van der Waals surface area (Å²) in [5.74, 6) is -0.867. The Morgan fingerprint density at radius 1 is 1.03 bits per heavy atom. The van der Waals surface area contributed by atoms with Crippen LogP contribution in [0.2, 0.25) is 0 Å². The van der Waals surface area contributed by atoms with E-state index in [0.29, 0.717) is 17.7 Å². The van der Waals surface area contributed by atoms with Crippen molar-refractivity contribution in [3.8, 4) is 0 Å². The number of carbonyl (C=O) groups is 3. The first kappa shape index (κ1) is 20.4. The van der Waals surface area contributed by atoms with Gasteiger partial charge in [-0.25, -0.2) is 0 Å². The minimum Gasteiger partial charge on any atom is -0.356 e. The first-order valence-corrected chi connectivity index (χ1v) is 11.3. The summed E-state index contributed by atoms with van der Waals surface area (Å²) in [6.07, 6.45) is 4.02. The number of para-hydroxylation sites is 1. The molecule has 7 nitrogen and oxygen atoms in total. The predicted octanol–water partition coefficient (Wildman–Crippen LogP) is 4.12. The van der Waals surface area contributed by atoms with Crippen LogP contribution in [0.1, 0.15) is 60.9 Å². The zero-order chi connectivity index (χ0) is 23.4. The minimum atomic E-state index is -0.379. The molecule has 34 heavy (non-hydrogen) atoms. The largest absolute Gasteiger partial charge is 0.356 e. The molecule has 1 atom stereocenters. The van der Waals surface area contributed by atoms with Crippen molar-refractivity contribution in [2.24, 2.45) is 0 Å². The number of carbonyl (C=O) groups excluding carboxylic acids is 3. The molecule has 0 saturated heterocycles. The lowest BCUT2D eigenvalue weighted by atomic mass is 9.97. The van der Waals surface area contributed by atoms with Crippen LogP contribution < -0.4 is 0 Å². The topological polar surface area (TPSA) is 86.4 Å². The lowest BCUT2D eigenvalue weighted by Crippen LogP contribution is -2.38. The molecule has 0 saturated carbocycles. The molecule has 168 valence electrons. The third-order valence-electron chi connectivity index (χ3n) is 6.90. The van der Waals surface area contributed by atoms with Crippen molar-refractivity contribution in [2.75, 3.05) is 6.54 Å². The second-order valence-electron chi connectivity index (χ2n) is 8.80. The number of pyridine rings is 1. The fourth-order valence-corrected chi connectivity index (χ4v) is 5.11. The maximum absolute atomic E-state index is 13.5. The fraction of sp³-hybridized carbons (Fsp3) is 0.185. The van der Waals surface area contributed by atoms with Gasteiger partial charge in [0.2, 0.25) is 0 Å². The van der Waals surface area contributed by atoms with Crippen LogP contribution in [0.4, 0.5) is 0 Å². The van der Waals surface area contributed by atoms with Gasteiger partial charge in [0.1, 0.15) is 0 Å². The highest BCUT2D eigenvalue weighted by molar-refractivity contribution is 6.22. The molecular formula is C27H22N4O3. The molecule has 0 radical (unpaired) electrons. The standard InChI is InChI=1S/C27H22N4O3/c1-16-24-20(19-4-2-3-5-23(19)29-24)10-13-30(16)25(32)18-6-7-21-22(14-18)27(34)31(26(21)33)15-17-8-11-28-12-9-17/h2-9,11-12,14,16,29H,10,13,15H2,1H3. The minimum absolute atomic E-state index is 0.127. The highest BCUT2D eigenvalue weighted by atomic mass is 16.2. The lowest BCUT2D eigenvalue weighted by molar-refractivity contribution is 0.0640. The van der Waals surface area contributed by atoms with Crippen LogP contribution in [0.5, 0.6) is 0 Å². The van der Waals surface area contributed by atoms with E-state index in [-0.39, 0.29) is 35.9 Å². The molecule has 2 aromatic heterocycles. The maximum atomic E-state index is 13.5. The molecule has 2 aromatic carbocycles. The van der Waals surface area contributed by atoms with Crippen molar-refractivity contribution < 1.29 is 14.4 Å². The first-order chi connectivity index (χ1) is 16.5. The van der Waals surface area contributed by atoms with Gasteiger partial charge in [0.05, 0.1) is 23.7 Å². The summed E-state index contributed by atoms with van der Waals surface area (Å²) in [6.45, 7) is 2.78. The van der Waals surface area contributed by atoms with Gasteiger partial charge in [-0.15, -0.1) is 0 Å². The Hall–Kier alpha value is -4.26. The molecule has 2 aliphatic heterocycles. The van der Waals surface area contributed by atoms with Crippen molar-refractivity contribution in [3.05, 3.63) is 101 Å². The Labute approximate surface area is 196 Å². The van der Waals surface area contributed by atoms with Crippen molar-refractivity contribution in [1.82, 2.24) is 19.8 Å². The number of rotatable bonds is 3. The van der Waals surface area contributed by atoms with Crippen molar-refractivity contribution in [2.45, 2.75) is 25.9 Å². The van der Waals surface area contributed by atoms with Gasteiger partial charge in [-0.2, -0.15) is 0 Å². The summed E-state index contributed by atoms with van der Waals surface area (Å²) in [6, 6.07) is 16.4. The van der Waals surface area contributed by atoms with Gasteiger partial charge < -0.3 is 9.88 Å². The summed E-state index contributed by atoms with van der Waals surface area (Å²) in [5, 5.41) is 1.20. The van der Waals surface area contributed by atoms with Crippen LogP contribution in [0.15, 0.2) is 67.0 Å². The Balaban J connectivity index is 1.28. The SMILES string of the molecule is CC1c2[nH]c3ccccc3c2CCN1C(=O)c1ccc2c(c1)C(=O)N(Cc1ccncc1)C2=O. The number of aromatic nitrogens is 2. The number of benzene rings is 2. The van der Waals surface area contributed by atoms with Gasteiger partial charge in [-0.1, -0.05) is 18.2 Å². The molecule has 0 spiro atoms. The van der Waals surface area contributed by atoms with Gasteiger partial charge in [0.25, 0.3) is 17.7 Å². The number of aromatic amines is 1. The molecule has 3 amide bonds. The summed E-state index contributed by atoms with van der Waals surface area (Å²) in [4.78, 5) is 49.9. The van der Waals surface area contributed by atoms with E-state index in [1.54, 1.807) is 42.7 Å². The van der Waals surface area contributed by atoms with E-state index < -0.39 is 0 Å². The Morgan fingerprint density at radius 3 is 2.62 bits per heavy atom. The third-order valence-corrected chi connectivity index (χ3v) is 6.90. The maximum Gasteiger partial charge on any atom is 0.261 e. The molecule has 7 heteroatoms. The molecule has 4 heterocycles. The molecular weight excluding hydrogens is 428 g/mol. The lowest BCUT2D eigenvalue weighted by Gasteiger charge is -2.33. The molecule has 0 aliphatic carbocycles. The highest BCUT2D eigenvalue weighted by Gasteiger charge is 2.37. The highest BCUT2D eigenvalue weighted by Crippen LogP contribution is 2.35. The summed E-state index contributed by atoms with van der Waals surface area (Å²) in [5.41, 5.74) is 5.23. The van der Waals surface area contributed by atoms with Crippen molar-refractivity contribution in [1.29, 1.82) is 0 Å². The van der Waals surface area contributed by atoms with Gasteiger partial charge in [0.15, 0.2) is 0 Å². The second kappa shape index (κ2) is 7.66. The first-order valence-electron chi connectivity index (χ1n) is 11.3. The van der Waals surface area contributed by atoms with Gasteiger partial charge in [0, 0.05) is 41.1 Å². The van der Waals surface area contributed by atoms with E-state index in [0.717, 1.165) is 23.2 Å². The van der Waals surface area contributed by atoms with Crippen LogP contribution in [0, 0.1) is 0 Å². The van der Waals surface area contributed by atoms with Crippen LogP contribution in [0.3, 0.4) is 0 Å². The number of amides is 3. The fourth-order valence-electron chi connectivity index (χ4n) is 5.11. The number of hydrogen-bond acceptors (Lipinski definition) is 4. The van der Waals surface area contributed by atoms with Crippen LogP contribution in [-0.4, -0.2) is 44.0 Å². The van der Waals surface area contributed by atoms with Gasteiger partial charge in [-0.3, -0.25) is 24.3 Å². The summed E-state index contributed by atoms with van der Waals surface area (Å²) >= 11 is 0. The van der Waals surface area contributed by atoms with Crippen LogP contribution >= 0.6 is 0 Å². The number of nitrogens with zero attached hydrogens (tertiary/aromatic N) is 3. The third kappa shape index (κ3) is 3.04. The number of hydrogen-bond donors (Lipinski definition) is 1. The van der Waals surface area contributed by atoms with E-state index >= 15 is 0 Å². The van der Waals surface area contributed by atoms with Gasteiger partial charge in [-0.05, 0) is 60.9 Å². The van der Waals surface area contributed by atoms with Crippen molar-refractivity contribution >= 4 is 28.6 Å². The molecule has 6 rings (SSSR count). The molecule has 2 aliphatic rings. The molecule has 4 aromatic rings. The normalized spacial score (nSPS) is 17.3. The summed E-state index contributed by atoms with van der Waals surface area (Å²) < 4.78 is 0. The Bertz CT molecular complexity index is 1470. The van der Waals surface area contributed by atoms with E-state index in [4.69, 9.17) is 0 Å². The average Bonchev–Trinajstić information content (AvgIpc) is 3.36. The zero-order valence-electron chi connectivity index (χ0n) is 18.6. The zero-order valence-corrected chi connectivity index (χ0v) is 18.6. The van der Waals surface area contributed by atoms with E-state index in [2.05, 4.69) is 16.0 Å². The quantitative estimate of drug-likeness (QED) is 0.476. The van der Waals surface area contributed by atoms with Crippen LogP contribution in [-0.2, 0) is 13.0 Å². The van der Waals surface area contributed by atoms with Gasteiger partial charge >= 0.3 is 0 Å². The number of fused-ring (bicyclic) bond motifs is 4. The molecule has 1 N–H and O–H groups in total. The molecule has 1 unspecified atom stereocenters. The van der Waals surface area contributed by atoms with Crippen LogP contribution in [0.25, 0.3) is 10.9 Å². The Morgan fingerprint density at radius 2 is 1.79 bits per heavy atom. The second-order valence-corrected chi connectivity index (χ2v) is 8.80. The van der Waals surface area contributed by atoms with E-state index in [1.807, 2.05) is 30.0 Å². The number of nitrogens with one attached hydrogen (secondary N) is 1. The molecule has 0 bridgehead atoms. The van der Waals surface area contributed by atoms with E-state index in [1.165, 1.54) is 15.8 Å². The monoisotopic (exact) mass is 450 g/mol. The molecule has 0 fully saturated rings. The van der Waals surface area contributed by atoms with E-state index in [9.17, 15) is 14.4 Å². The smallest absolute Gasteiger partial charge is 0.261 e. The Kier molecular flexibility index (Phi) is 4.58. The summed E-state index contributed by atoms with van der Waals surface area (Å²) in [7, 11) is 0. The number of imide groups is 1. The van der Waals surface area contributed by atoms with Crippen molar-refractivity contribution in [3.63, 3.8) is 0 Å². The average molecular weight is 450 g/mol.